The van der Waals surface area contributed by atoms with Gasteiger partial charge in [0.05, 0.1) is 16.0 Å². The van der Waals surface area contributed by atoms with Gasteiger partial charge < -0.3 is 9.84 Å². The standard InChI is InChI=1S/C13H9BrFNO4/c14-10-3-2-9(15)6-13(10)20-12-4-1-8(7-17)5-11(12)16(18)19/h1-6,17H,7H2. The van der Waals surface area contributed by atoms with Gasteiger partial charge in [-0.25, -0.2) is 4.39 Å². The molecule has 0 heterocycles. The number of benzene rings is 2. The summed E-state index contributed by atoms with van der Waals surface area (Å²) < 4.78 is 19.0. The first-order valence-electron chi connectivity index (χ1n) is 5.52. The van der Waals surface area contributed by atoms with Crippen LogP contribution in [0.15, 0.2) is 40.9 Å². The summed E-state index contributed by atoms with van der Waals surface area (Å²) in [6, 6.07) is 7.87. The molecule has 0 saturated heterocycles. The number of halogens is 2. The molecule has 7 heteroatoms. The lowest BCUT2D eigenvalue weighted by Crippen LogP contribution is -1.96. The molecule has 0 aliphatic carbocycles. The highest BCUT2D eigenvalue weighted by Gasteiger charge is 2.17. The predicted octanol–water partition coefficient (Wildman–Crippen LogP) is 3.78. The molecule has 1 N–H and O–H groups in total. The molecule has 104 valence electrons. The van der Waals surface area contributed by atoms with Crippen LogP contribution in [0.4, 0.5) is 10.1 Å². The van der Waals surface area contributed by atoms with E-state index in [1.165, 1.54) is 30.3 Å². The number of nitrogens with zero attached hydrogens (tertiary/aromatic N) is 1. The van der Waals surface area contributed by atoms with E-state index >= 15 is 0 Å². The maximum Gasteiger partial charge on any atom is 0.311 e. The normalized spacial score (nSPS) is 10.3. The highest BCUT2D eigenvalue weighted by Crippen LogP contribution is 2.35. The van der Waals surface area contributed by atoms with Crippen LogP contribution in [0.5, 0.6) is 11.5 Å². The number of hydrogen-bond acceptors (Lipinski definition) is 4. The van der Waals surface area contributed by atoms with Crippen LogP contribution in [-0.2, 0) is 6.61 Å². The molecular weight excluding hydrogens is 333 g/mol. The largest absolute Gasteiger partial charge is 0.449 e. The average molecular weight is 342 g/mol. The number of rotatable bonds is 4. The van der Waals surface area contributed by atoms with Gasteiger partial charge in [-0.15, -0.1) is 0 Å². The Labute approximate surface area is 121 Å². The van der Waals surface area contributed by atoms with Gasteiger partial charge in [0.1, 0.15) is 11.6 Å². The van der Waals surface area contributed by atoms with Crippen LogP contribution in [0.3, 0.4) is 0 Å². The maximum absolute atomic E-state index is 13.2. The fourth-order valence-electron chi connectivity index (χ4n) is 1.56. The quantitative estimate of drug-likeness (QED) is 0.678. The fraction of sp³-hybridized carbons (Fsp3) is 0.0769. The first-order chi connectivity index (χ1) is 9.51. The van der Waals surface area contributed by atoms with Crippen LogP contribution < -0.4 is 4.74 Å². The molecule has 0 atom stereocenters. The number of nitro benzene ring substituents is 1. The summed E-state index contributed by atoms with van der Waals surface area (Å²) >= 11 is 3.18. The van der Waals surface area contributed by atoms with E-state index in [-0.39, 0.29) is 23.8 Å². The van der Waals surface area contributed by atoms with E-state index in [0.717, 1.165) is 6.07 Å². The van der Waals surface area contributed by atoms with E-state index < -0.39 is 10.7 Å². The Kier molecular flexibility index (Phi) is 4.31. The molecule has 0 amide bonds. The van der Waals surface area contributed by atoms with Crippen molar-refractivity contribution in [2.75, 3.05) is 0 Å². The smallest absolute Gasteiger partial charge is 0.311 e. The minimum Gasteiger partial charge on any atom is -0.449 e. The van der Waals surface area contributed by atoms with Crippen molar-refractivity contribution in [3.63, 3.8) is 0 Å². The van der Waals surface area contributed by atoms with E-state index in [4.69, 9.17) is 9.84 Å². The summed E-state index contributed by atoms with van der Waals surface area (Å²) in [5.41, 5.74) is 0.0927. The van der Waals surface area contributed by atoms with E-state index in [0.29, 0.717) is 10.0 Å². The average Bonchev–Trinajstić information content (AvgIpc) is 2.43. The van der Waals surface area contributed by atoms with Crippen LogP contribution in [-0.4, -0.2) is 10.0 Å². The summed E-state index contributed by atoms with van der Waals surface area (Å²) in [5, 5.41) is 20.0. The van der Waals surface area contributed by atoms with Crippen LogP contribution >= 0.6 is 15.9 Å². The Morgan fingerprint density at radius 3 is 2.65 bits per heavy atom. The second-order valence-electron chi connectivity index (χ2n) is 3.89. The lowest BCUT2D eigenvalue weighted by Gasteiger charge is -2.09. The number of hydrogen-bond donors (Lipinski definition) is 1. The zero-order valence-electron chi connectivity index (χ0n) is 10.0. The third-order valence-corrected chi connectivity index (χ3v) is 3.17. The molecular formula is C13H9BrFNO4. The first kappa shape index (κ1) is 14.4. The zero-order valence-corrected chi connectivity index (χ0v) is 11.6. The molecule has 20 heavy (non-hydrogen) atoms. The van der Waals surface area contributed by atoms with Crippen molar-refractivity contribution in [1.82, 2.24) is 0 Å². The van der Waals surface area contributed by atoms with Gasteiger partial charge in [-0.2, -0.15) is 0 Å². The Balaban J connectivity index is 2.42. The van der Waals surface area contributed by atoms with E-state index in [1.54, 1.807) is 0 Å². The van der Waals surface area contributed by atoms with Gasteiger partial charge >= 0.3 is 5.69 Å². The minimum absolute atomic E-state index is 0.0292. The lowest BCUT2D eigenvalue weighted by molar-refractivity contribution is -0.385. The van der Waals surface area contributed by atoms with Gasteiger partial charge in [0.15, 0.2) is 0 Å². The summed E-state index contributed by atoms with van der Waals surface area (Å²) in [4.78, 5) is 10.4. The molecule has 0 fully saturated rings. The van der Waals surface area contributed by atoms with Gasteiger partial charge in [0, 0.05) is 12.1 Å². The Hall–Kier alpha value is -1.99. The van der Waals surface area contributed by atoms with Gasteiger partial charge in [0.25, 0.3) is 0 Å². The van der Waals surface area contributed by atoms with Gasteiger partial charge in [-0.05, 0) is 39.7 Å². The molecule has 0 spiro atoms. The second kappa shape index (κ2) is 5.98. The Morgan fingerprint density at radius 1 is 1.25 bits per heavy atom. The molecule has 0 radical (unpaired) electrons. The summed E-state index contributed by atoms with van der Waals surface area (Å²) in [5.74, 6) is -0.416. The number of ether oxygens (including phenoxy) is 1. The van der Waals surface area contributed by atoms with Crippen molar-refractivity contribution in [2.45, 2.75) is 6.61 Å². The van der Waals surface area contributed by atoms with Crippen LogP contribution in [0.1, 0.15) is 5.56 Å². The number of nitro groups is 1. The molecule has 0 saturated carbocycles. The molecule has 2 rings (SSSR count). The van der Waals surface area contributed by atoms with Crippen LogP contribution in [0.25, 0.3) is 0 Å². The summed E-state index contributed by atoms with van der Waals surface area (Å²) in [6.45, 7) is -0.315. The molecule has 2 aromatic carbocycles. The third-order valence-electron chi connectivity index (χ3n) is 2.52. The zero-order chi connectivity index (χ0) is 14.7. The fourth-order valence-corrected chi connectivity index (χ4v) is 1.89. The van der Waals surface area contributed by atoms with Crippen LogP contribution in [0.2, 0.25) is 0 Å². The highest BCUT2D eigenvalue weighted by atomic mass is 79.9. The van der Waals surface area contributed by atoms with Gasteiger partial charge in [-0.1, -0.05) is 6.07 Å². The predicted molar refractivity (Wildman–Crippen MR) is 73.2 cm³/mol. The summed E-state index contributed by atoms with van der Waals surface area (Å²) in [6.07, 6.45) is 0. The molecule has 0 aromatic heterocycles. The first-order valence-corrected chi connectivity index (χ1v) is 6.31. The van der Waals surface area contributed by atoms with E-state index in [2.05, 4.69) is 15.9 Å². The summed E-state index contributed by atoms with van der Waals surface area (Å²) in [7, 11) is 0. The molecule has 0 bridgehead atoms. The van der Waals surface area contributed by atoms with Crippen molar-refractivity contribution < 1.29 is 19.2 Å². The van der Waals surface area contributed by atoms with Crippen molar-refractivity contribution >= 4 is 21.6 Å². The topological polar surface area (TPSA) is 72.6 Å². The van der Waals surface area contributed by atoms with Crippen molar-refractivity contribution in [3.05, 3.63) is 62.4 Å². The lowest BCUT2D eigenvalue weighted by atomic mass is 10.2. The number of aliphatic hydroxyl groups excluding tert-OH is 1. The molecule has 0 unspecified atom stereocenters. The SMILES string of the molecule is O=[N+]([O-])c1cc(CO)ccc1Oc1cc(F)ccc1Br. The van der Waals surface area contributed by atoms with Crippen molar-refractivity contribution in [2.24, 2.45) is 0 Å². The van der Waals surface area contributed by atoms with E-state index in [9.17, 15) is 14.5 Å². The second-order valence-corrected chi connectivity index (χ2v) is 4.75. The maximum atomic E-state index is 13.2. The Bertz CT molecular complexity index is 663. The van der Waals surface area contributed by atoms with Gasteiger partial charge in [0.2, 0.25) is 5.75 Å². The van der Waals surface area contributed by atoms with E-state index in [1.807, 2.05) is 0 Å². The Morgan fingerprint density at radius 2 is 2.00 bits per heavy atom. The van der Waals surface area contributed by atoms with Crippen molar-refractivity contribution in [1.29, 1.82) is 0 Å². The molecule has 0 aliphatic rings. The van der Waals surface area contributed by atoms with Crippen molar-refractivity contribution in [3.8, 4) is 11.5 Å². The van der Waals surface area contributed by atoms with Crippen LogP contribution in [0, 0.1) is 15.9 Å². The molecule has 2 aromatic rings. The highest BCUT2D eigenvalue weighted by molar-refractivity contribution is 9.10. The molecule has 5 nitrogen and oxygen atoms in total. The monoisotopic (exact) mass is 341 g/mol. The number of aliphatic hydroxyl groups is 1. The minimum atomic E-state index is -0.623. The third kappa shape index (κ3) is 3.12. The van der Waals surface area contributed by atoms with Gasteiger partial charge in [-0.3, -0.25) is 10.1 Å². The molecule has 0 aliphatic heterocycles.